The van der Waals surface area contributed by atoms with E-state index in [9.17, 15) is 0 Å². The molecule has 1 unspecified atom stereocenters. The molecule has 1 aromatic heterocycles. The van der Waals surface area contributed by atoms with Gasteiger partial charge in [-0.05, 0) is 50.3 Å². The van der Waals surface area contributed by atoms with Gasteiger partial charge >= 0.3 is 0 Å². The van der Waals surface area contributed by atoms with Gasteiger partial charge in [0.05, 0.1) is 0 Å². The molecule has 0 amide bonds. The summed E-state index contributed by atoms with van der Waals surface area (Å²) >= 11 is 0. The van der Waals surface area contributed by atoms with Gasteiger partial charge in [0.1, 0.15) is 5.82 Å². The molecule has 2 rings (SSSR count). The Morgan fingerprint density at radius 3 is 2.19 bits per heavy atom. The third kappa shape index (κ3) is 4.36. The third-order valence-electron chi connectivity index (χ3n) is 3.90. The lowest BCUT2D eigenvalue weighted by Crippen LogP contribution is -2.16. The molecule has 0 aliphatic rings. The smallest absolute Gasteiger partial charge is 0.129 e. The highest BCUT2D eigenvalue weighted by molar-refractivity contribution is 5.25. The number of nitrogens with zero attached hydrogens (tertiary/aromatic N) is 2. The summed E-state index contributed by atoms with van der Waals surface area (Å²) in [6.45, 7) is 7.04. The summed E-state index contributed by atoms with van der Waals surface area (Å²) in [6, 6.07) is 10.5. The number of rotatable bonds is 6. The zero-order valence-electron chi connectivity index (χ0n) is 13.3. The lowest BCUT2D eigenvalue weighted by molar-refractivity contribution is 0.584. The number of aryl methyl sites for hydroxylation is 4. The summed E-state index contributed by atoms with van der Waals surface area (Å²) in [4.78, 5) is 9.37. The molecule has 0 saturated carbocycles. The van der Waals surface area contributed by atoms with Crippen LogP contribution < -0.4 is 5.73 Å². The van der Waals surface area contributed by atoms with Crippen LogP contribution in [-0.4, -0.2) is 16.5 Å². The molecule has 3 nitrogen and oxygen atoms in total. The van der Waals surface area contributed by atoms with Crippen LogP contribution in [0.15, 0.2) is 30.3 Å². The Bertz CT molecular complexity index is 555. The minimum Gasteiger partial charge on any atom is -0.330 e. The number of hydrogen-bond donors (Lipinski definition) is 1. The number of aromatic nitrogens is 2. The van der Waals surface area contributed by atoms with E-state index in [0.717, 1.165) is 36.5 Å². The van der Waals surface area contributed by atoms with Crippen LogP contribution in [0, 0.1) is 19.8 Å². The molecule has 1 atom stereocenters. The molecule has 0 bridgehead atoms. The second-order valence-corrected chi connectivity index (χ2v) is 5.82. The second kappa shape index (κ2) is 7.32. The highest BCUT2D eigenvalue weighted by atomic mass is 14.9. The minimum atomic E-state index is 0.473. The van der Waals surface area contributed by atoms with Gasteiger partial charge in [-0.2, -0.15) is 0 Å². The highest BCUT2D eigenvalue weighted by Crippen LogP contribution is 2.16. The fourth-order valence-electron chi connectivity index (χ4n) is 2.55. The lowest BCUT2D eigenvalue weighted by atomic mass is 9.99. The normalized spacial score (nSPS) is 12.4. The van der Waals surface area contributed by atoms with Gasteiger partial charge in [-0.15, -0.1) is 0 Å². The van der Waals surface area contributed by atoms with E-state index in [4.69, 9.17) is 5.73 Å². The first-order valence-corrected chi connectivity index (χ1v) is 7.67. The van der Waals surface area contributed by atoms with Gasteiger partial charge in [0.15, 0.2) is 0 Å². The summed E-state index contributed by atoms with van der Waals surface area (Å²) < 4.78 is 0. The van der Waals surface area contributed by atoms with E-state index in [1.54, 1.807) is 0 Å². The Morgan fingerprint density at radius 2 is 1.62 bits per heavy atom. The first kappa shape index (κ1) is 15.6. The number of benzene rings is 1. The Labute approximate surface area is 127 Å². The fourth-order valence-corrected chi connectivity index (χ4v) is 2.55. The molecule has 2 aromatic rings. The fraction of sp³-hybridized carbons (Fsp3) is 0.444. The van der Waals surface area contributed by atoms with E-state index in [-0.39, 0.29) is 0 Å². The van der Waals surface area contributed by atoms with Crippen LogP contribution in [0.2, 0.25) is 0 Å². The first-order chi connectivity index (χ1) is 10.1. The molecule has 21 heavy (non-hydrogen) atoms. The molecule has 1 aromatic carbocycles. The molecule has 0 radical (unpaired) electrons. The van der Waals surface area contributed by atoms with Crippen molar-refractivity contribution in [3.63, 3.8) is 0 Å². The molecule has 1 heterocycles. The van der Waals surface area contributed by atoms with Gasteiger partial charge in [0.2, 0.25) is 0 Å². The van der Waals surface area contributed by atoms with E-state index in [1.807, 2.05) is 6.07 Å². The second-order valence-electron chi connectivity index (χ2n) is 5.82. The molecular formula is C18H25N3. The van der Waals surface area contributed by atoms with Crippen molar-refractivity contribution < 1.29 is 0 Å². The maximum Gasteiger partial charge on any atom is 0.129 e. The van der Waals surface area contributed by atoms with Crippen LogP contribution in [0.1, 0.15) is 35.3 Å². The first-order valence-electron chi connectivity index (χ1n) is 7.67. The summed E-state index contributed by atoms with van der Waals surface area (Å²) in [7, 11) is 0. The Hall–Kier alpha value is -1.74. The quantitative estimate of drug-likeness (QED) is 0.886. The zero-order chi connectivity index (χ0) is 15.2. The Balaban J connectivity index is 2.08. The number of hydrogen-bond acceptors (Lipinski definition) is 3. The van der Waals surface area contributed by atoms with Gasteiger partial charge in [0, 0.05) is 17.8 Å². The average Bonchev–Trinajstić information content (AvgIpc) is 2.49. The van der Waals surface area contributed by atoms with Crippen molar-refractivity contribution >= 4 is 0 Å². The van der Waals surface area contributed by atoms with E-state index >= 15 is 0 Å². The van der Waals surface area contributed by atoms with Crippen molar-refractivity contribution in [3.8, 4) is 0 Å². The van der Waals surface area contributed by atoms with Crippen LogP contribution in [-0.2, 0) is 19.3 Å². The van der Waals surface area contributed by atoms with Crippen LogP contribution >= 0.6 is 0 Å². The minimum absolute atomic E-state index is 0.473. The van der Waals surface area contributed by atoms with Crippen molar-refractivity contribution in [3.05, 3.63) is 58.7 Å². The van der Waals surface area contributed by atoms with Crippen LogP contribution in [0.25, 0.3) is 0 Å². The summed E-state index contributed by atoms with van der Waals surface area (Å²) in [5, 5.41) is 0. The summed E-state index contributed by atoms with van der Waals surface area (Å²) in [6.07, 6.45) is 2.84. The van der Waals surface area contributed by atoms with Crippen molar-refractivity contribution in [1.82, 2.24) is 9.97 Å². The SMILES string of the molecule is Cc1nc(CCc2ccccc2)nc(C)c1CC(C)CN. The molecule has 3 heteroatoms. The van der Waals surface area contributed by atoms with Crippen LogP contribution in [0.4, 0.5) is 0 Å². The lowest BCUT2D eigenvalue weighted by Gasteiger charge is -2.14. The van der Waals surface area contributed by atoms with Crippen molar-refractivity contribution in [2.45, 2.75) is 40.0 Å². The van der Waals surface area contributed by atoms with Gasteiger partial charge < -0.3 is 5.73 Å². The summed E-state index contributed by atoms with van der Waals surface area (Å²) in [5.41, 5.74) is 10.5. The molecular weight excluding hydrogens is 258 g/mol. The molecule has 0 saturated heterocycles. The van der Waals surface area contributed by atoms with Gasteiger partial charge in [-0.25, -0.2) is 9.97 Å². The van der Waals surface area contributed by atoms with E-state index in [0.29, 0.717) is 12.5 Å². The maximum atomic E-state index is 5.72. The molecule has 0 aliphatic carbocycles. The topological polar surface area (TPSA) is 51.8 Å². The van der Waals surface area contributed by atoms with Gasteiger partial charge in [-0.1, -0.05) is 37.3 Å². The predicted molar refractivity (Wildman–Crippen MR) is 87.3 cm³/mol. The maximum absolute atomic E-state index is 5.72. The monoisotopic (exact) mass is 283 g/mol. The largest absolute Gasteiger partial charge is 0.330 e. The number of nitrogens with two attached hydrogens (primary N) is 1. The van der Waals surface area contributed by atoms with Gasteiger partial charge in [-0.3, -0.25) is 0 Å². The molecule has 2 N–H and O–H groups in total. The van der Waals surface area contributed by atoms with E-state index < -0.39 is 0 Å². The Kier molecular flexibility index (Phi) is 5.45. The van der Waals surface area contributed by atoms with Crippen molar-refractivity contribution in [2.75, 3.05) is 6.54 Å². The van der Waals surface area contributed by atoms with Crippen LogP contribution in [0.5, 0.6) is 0 Å². The molecule has 112 valence electrons. The zero-order valence-corrected chi connectivity index (χ0v) is 13.3. The van der Waals surface area contributed by atoms with Gasteiger partial charge in [0.25, 0.3) is 0 Å². The highest BCUT2D eigenvalue weighted by Gasteiger charge is 2.11. The standard InChI is InChI=1S/C18H25N3/c1-13(12-19)11-17-14(2)20-18(21-15(17)3)10-9-16-7-5-4-6-8-16/h4-8,13H,9-12,19H2,1-3H3. The summed E-state index contributed by atoms with van der Waals surface area (Å²) in [5.74, 6) is 1.42. The van der Waals surface area contributed by atoms with Crippen molar-refractivity contribution in [1.29, 1.82) is 0 Å². The van der Waals surface area contributed by atoms with E-state index in [2.05, 4.69) is 55.0 Å². The molecule has 0 spiro atoms. The third-order valence-corrected chi connectivity index (χ3v) is 3.90. The van der Waals surface area contributed by atoms with E-state index in [1.165, 1.54) is 11.1 Å². The molecule has 0 fully saturated rings. The predicted octanol–water partition coefficient (Wildman–Crippen LogP) is 3.02. The van der Waals surface area contributed by atoms with Crippen molar-refractivity contribution in [2.24, 2.45) is 11.7 Å². The average molecular weight is 283 g/mol. The Morgan fingerprint density at radius 1 is 1.00 bits per heavy atom. The van der Waals surface area contributed by atoms with Crippen LogP contribution in [0.3, 0.4) is 0 Å². The molecule has 0 aliphatic heterocycles.